The van der Waals surface area contributed by atoms with Crippen molar-refractivity contribution in [2.75, 3.05) is 6.26 Å². The maximum absolute atomic E-state index is 14.7. The zero-order valence-electron chi connectivity index (χ0n) is 24.9. The molecule has 0 aliphatic heterocycles. The van der Waals surface area contributed by atoms with Gasteiger partial charge >= 0.3 is 0 Å². The largest absolute Gasteiger partial charge is 0.359 e. The van der Waals surface area contributed by atoms with Gasteiger partial charge in [-0.15, -0.1) is 0 Å². The molecule has 3 aromatic heterocycles. The number of allylic oxidation sites excluding steroid dienone is 5. The first-order chi connectivity index (χ1) is 20.6. The van der Waals surface area contributed by atoms with Crippen LogP contribution in [0, 0.1) is 5.82 Å². The summed E-state index contributed by atoms with van der Waals surface area (Å²) in [6.45, 7) is 12.6. The molecule has 4 N–H and O–H groups in total. The Hall–Kier alpha value is -4.66. The fraction of sp³-hybridized carbons (Fsp3) is 0.143. The second-order valence-electron chi connectivity index (χ2n) is 10.7. The molecular weight excluding hydrogens is 555 g/mol. The molecule has 2 aromatic carbocycles. The van der Waals surface area contributed by atoms with Gasteiger partial charge in [0.1, 0.15) is 11.5 Å². The van der Waals surface area contributed by atoms with Gasteiger partial charge < -0.3 is 10.3 Å². The summed E-state index contributed by atoms with van der Waals surface area (Å²) in [5.74, 6) is 7.81. The molecule has 220 valence electrons. The van der Waals surface area contributed by atoms with Gasteiger partial charge in [0, 0.05) is 40.5 Å². The van der Waals surface area contributed by atoms with E-state index in [1.54, 1.807) is 18.5 Å². The lowest BCUT2D eigenvalue weighted by molar-refractivity contribution is 0.625. The summed E-state index contributed by atoms with van der Waals surface area (Å²) in [6.07, 6.45) is 12.3. The van der Waals surface area contributed by atoms with E-state index in [4.69, 9.17) is 0 Å². The van der Waals surface area contributed by atoms with E-state index in [9.17, 15) is 4.39 Å². The van der Waals surface area contributed by atoms with Crippen molar-refractivity contribution >= 4 is 48.5 Å². The number of hydrogen-bond acceptors (Lipinski definition) is 4. The fourth-order valence-electron chi connectivity index (χ4n) is 4.91. The minimum atomic E-state index is -1.43. The molecule has 5 aromatic rings. The topological polar surface area (TPSA) is 81.4 Å². The molecule has 3 heterocycles. The molecule has 0 aliphatic carbocycles. The third kappa shape index (κ3) is 6.71. The van der Waals surface area contributed by atoms with Crippen LogP contribution in [0.25, 0.3) is 49.9 Å². The first-order valence-electron chi connectivity index (χ1n) is 14.0. The number of hydrogen-bond donors (Lipinski definition) is 4. The number of pyridine rings is 1. The van der Waals surface area contributed by atoms with Crippen LogP contribution in [0.3, 0.4) is 0 Å². The van der Waals surface area contributed by atoms with Crippen molar-refractivity contribution in [3.8, 4) is 22.5 Å². The van der Waals surface area contributed by atoms with Gasteiger partial charge in [-0.2, -0.15) is 14.5 Å². The van der Waals surface area contributed by atoms with E-state index in [2.05, 4.69) is 92.4 Å². The zero-order valence-corrected chi connectivity index (χ0v) is 25.7. The molecule has 5 rings (SSSR count). The van der Waals surface area contributed by atoms with Gasteiger partial charge in [-0.1, -0.05) is 44.0 Å². The molecule has 0 atom stereocenters. The van der Waals surface area contributed by atoms with Crippen LogP contribution in [0.4, 0.5) is 4.39 Å². The van der Waals surface area contributed by atoms with E-state index < -0.39 is 9.39 Å². The average molecular weight is 593 g/mol. The van der Waals surface area contributed by atoms with Crippen molar-refractivity contribution < 1.29 is 4.39 Å². The maximum Gasteiger partial charge on any atom is 0.124 e. The van der Waals surface area contributed by atoms with Crippen LogP contribution in [0.1, 0.15) is 31.4 Å². The molecule has 0 fully saturated rings. The molecule has 0 amide bonds. The number of rotatable bonds is 11. The summed E-state index contributed by atoms with van der Waals surface area (Å²) < 4.78 is 18.0. The molecule has 43 heavy (non-hydrogen) atoms. The van der Waals surface area contributed by atoms with Crippen LogP contribution in [0.5, 0.6) is 0 Å². The Morgan fingerprint density at radius 1 is 1.07 bits per heavy atom. The number of H-pyrrole nitrogens is 2. The normalized spacial score (nSPS) is 12.7. The zero-order chi connectivity index (χ0) is 30.7. The SMILES string of the molecule is C=C/C(=C\C(=C/C)c1ccc2[nH]nc(-c3cc4c(-c5cc(F)cc(CNS(=C)(=C)C)c5)cncc4[nH]3)c2c1)NC(=C)CC. The highest BCUT2D eigenvalue weighted by Gasteiger charge is 2.16. The van der Waals surface area contributed by atoms with E-state index in [1.165, 1.54) is 12.1 Å². The van der Waals surface area contributed by atoms with Gasteiger partial charge in [-0.05, 0) is 90.4 Å². The first kappa shape index (κ1) is 29.8. The highest BCUT2D eigenvalue weighted by atomic mass is 32.2. The summed E-state index contributed by atoms with van der Waals surface area (Å²) in [6, 6.07) is 13.3. The third-order valence-corrected chi connectivity index (χ3v) is 8.02. The quantitative estimate of drug-likeness (QED) is 0.0921. The Morgan fingerprint density at radius 2 is 1.88 bits per heavy atom. The van der Waals surface area contributed by atoms with E-state index in [-0.39, 0.29) is 5.82 Å². The molecule has 0 saturated carbocycles. The van der Waals surface area contributed by atoms with Crippen LogP contribution in [-0.4, -0.2) is 38.2 Å². The number of benzene rings is 2. The van der Waals surface area contributed by atoms with Crippen LogP contribution >= 0.6 is 9.39 Å². The third-order valence-electron chi connectivity index (χ3n) is 7.18. The van der Waals surface area contributed by atoms with Crippen molar-refractivity contribution in [3.05, 3.63) is 115 Å². The van der Waals surface area contributed by atoms with E-state index in [0.717, 1.165) is 78.8 Å². The second kappa shape index (κ2) is 12.3. The summed E-state index contributed by atoms with van der Waals surface area (Å²) in [5.41, 5.74) is 9.68. The van der Waals surface area contributed by atoms with E-state index in [0.29, 0.717) is 6.54 Å². The Labute approximate surface area is 252 Å². The van der Waals surface area contributed by atoms with E-state index in [1.807, 2.05) is 25.3 Å². The second-order valence-corrected chi connectivity index (χ2v) is 13.6. The van der Waals surface area contributed by atoms with Gasteiger partial charge in [0.15, 0.2) is 0 Å². The number of aromatic nitrogens is 4. The van der Waals surface area contributed by atoms with Crippen molar-refractivity contribution in [2.45, 2.75) is 26.8 Å². The molecule has 0 bridgehead atoms. The standard InChI is InChI=1S/C35H37FN6S/c1-8-22(4)39-28(10-3)16-24(9-2)25-11-12-32-30(17-25)35(42-41-32)33-18-29-31(20-37-21-34(29)40-33)26-13-23(14-27(36)15-26)19-38-43(5,6)7/h9-18,20-21,38-40H,3-6,8,19H2,1-2,7H3,(H,41,42)/b24-9+,28-16+. The van der Waals surface area contributed by atoms with Crippen LogP contribution in [0.2, 0.25) is 0 Å². The summed E-state index contributed by atoms with van der Waals surface area (Å²) >= 11 is 0. The number of aromatic amines is 2. The Balaban J connectivity index is 1.55. The first-order valence-corrected chi connectivity index (χ1v) is 16.4. The minimum Gasteiger partial charge on any atom is -0.359 e. The van der Waals surface area contributed by atoms with Gasteiger partial charge in [0.2, 0.25) is 0 Å². The number of nitrogens with one attached hydrogen (secondary N) is 4. The smallest absolute Gasteiger partial charge is 0.124 e. The van der Waals surface area contributed by atoms with Gasteiger partial charge in [0.05, 0.1) is 22.9 Å². The maximum atomic E-state index is 14.7. The van der Waals surface area contributed by atoms with Gasteiger partial charge in [-0.3, -0.25) is 14.8 Å². The molecule has 8 heteroatoms. The molecule has 0 saturated heterocycles. The van der Waals surface area contributed by atoms with Crippen molar-refractivity contribution in [1.29, 1.82) is 0 Å². The fourth-order valence-corrected chi connectivity index (χ4v) is 5.43. The number of halogens is 1. The highest BCUT2D eigenvalue weighted by Crippen LogP contribution is 2.35. The predicted molar refractivity (Wildman–Crippen MR) is 186 cm³/mol. The molecule has 6 nitrogen and oxygen atoms in total. The number of fused-ring (bicyclic) bond motifs is 2. The summed E-state index contributed by atoms with van der Waals surface area (Å²) in [4.78, 5) is 7.94. The Kier molecular flexibility index (Phi) is 8.52. The Bertz CT molecular complexity index is 2020. The lowest BCUT2D eigenvalue weighted by atomic mass is 10.0. The molecule has 0 unspecified atom stereocenters. The minimum absolute atomic E-state index is 0.305. The van der Waals surface area contributed by atoms with Crippen LogP contribution in [-0.2, 0) is 6.54 Å². The van der Waals surface area contributed by atoms with Gasteiger partial charge in [-0.25, -0.2) is 4.39 Å². The van der Waals surface area contributed by atoms with E-state index >= 15 is 0 Å². The highest BCUT2D eigenvalue weighted by molar-refractivity contribution is 8.25. The molecular formula is C35H37FN6S. The van der Waals surface area contributed by atoms with Crippen molar-refractivity contribution in [3.63, 3.8) is 0 Å². The van der Waals surface area contributed by atoms with Crippen molar-refractivity contribution in [1.82, 2.24) is 30.2 Å². The van der Waals surface area contributed by atoms with Crippen molar-refractivity contribution in [2.24, 2.45) is 0 Å². The average Bonchev–Trinajstić information content (AvgIpc) is 3.61. The predicted octanol–water partition coefficient (Wildman–Crippen LogP) is 8.20. The Morgan fingerprint density at radius 3 is 2.60 bits per heavy atom. The molecule has 0 radical (unpaired) electrons. The number of nitrogens with zero attached hydrogens (tertiary/aromatic N) is 2. The lowest BCUT2D eigenvalue weighted by Gasteiger charge is -2.12. The monoisotopic (exact) mass is 592 g/mol. The molecule has 0 aliphatic rings. The van der Waals surface area contributed by atoms with Crippen LogP contribution in [0.15, 0.2) is 97.6 Å². The summed E-state index contributed by atoms with van der Waals surface area (Å²) in [5, 5.41) is 13.1. The molecule has 0 spiro atoms. The lowest BCUT2D eigenvalue weighted by Crippen LogP contribution is -2.09. The summed E-state index contributed by atoms with van der Waals surface area (Å²) in [7, 11) is -1.43. The van der Waals surface area contributed by atoms with Crippen LogP contribution < -0.4 is 10.0 Å². The van der Waals surface area contributed by atoms with Gasteiger partial charge in [0.25, 0.3) is 0 Å².